The lowest BCUT2D eigenvalue weighted by Crippen LogP contribution is -2.23. The van der Waals surface area contributed by atoms with Crippen molar-refractivity contribution >= 4 is 11.6 Å². The molecule has 0 spiro atoms. The maximum absolute atomic E-state index is 13.9. The number of likely N-dealkylation sites (N-methyl/N-ethyl adjacent to an activating group) is 1. The summed E-state index contributed by atoms with van der Waals surface area (Å²) in [7, 11) is 1.46. The van der Waals surface area contributed by atoms with Crippen molar-refractivity contribution in [3.05, 3.63) is 64.4 Å². The summed E-state index contributed by atoms with van der Waals surface area (Å²) in [5.41, 5.74) is 2.01. The lowest BCUT2D eigenvalue weighted by atomic mass is 9.98. The number of nitrogens with one attached hydrogen (secondary N) is 1. The van der Waals surface area contributed by atoms with Crippen LogP contribution in [0.2, 0.25) is 5.02 Å². The summed E-state index contributed by atoms with van der Waals surface area (Å²) >= 11 is 6.02. The van der Waals surface area contributed by atoms with Crippen LogP contribution in [0.5, 0.6) is 5.75 Å². The molecule has 2 nitrogen and oxygen atoms in total. The fourth-order valence-corrected chi connectivity index (χ4v) is 2.57. The Morgan fingerprint density at radius 1 is 1.24 bits per heavy atom. The highest BCUT2D eigenvalue weighted by Gasteiger charge is 2.14. The predicted molar refractivity (Wildman–Crippen MR) is 84.5 cm³/mol. The van der Waals surface area contributed by atoms with E-state index in [2.05, 4.69) is 5.32 Å². The Bertz CT molecular complexity index is 603. The molecular weight excluding hydrogens is 289 g/mol. The number of halogens is 2. The molecule has 0 aliphatic heterocycles. The number of rotatable bonds is 6. The molecule has 112 valence electrons. The third-order valence-electron chi connectivity index (χ3n) is 3.36. The van der Waals surface area contributed by atoms with E-state index in [1.807, 2.05) is 37.3 Å². The zero-order valence-corrected chi connectivity index (χ0v) is 13.0. The fourth-order valence-electron chi connectivity index (χ4n) is 2.35. The van der Waals surface area contributed by atoms with Gasteiger partial charge in [0.05, 0.1) is 7.11 Å². The smallest absolute Gasteiger partial charge is 0.165 e. The number of ether oxygens (including phenoxy) is 1. The summed E-state index contributed by atoms with van der Waals surface area (Å²) in [4.78, 5) is 0. The van der Waals surface area contributed by atoms with Gasteiger partial charge in [-0.3, -0.25) is 0 Å². The van der Waals surface area contributed by atoms with Gasteiger partial charge in [0.2, 0.25) is 0 Å². The highest BCUT2D eigenvalue weighted by atomic mass is 35.5. The lowest BCUT2D eigenvalue weighted by Gasteiger charge is -2.19. The predicted octanol–water partition coefficient (Wildman–Crippen LogP) is 4.38. The van der Waals surface area contributed by atoms with E-state index in [0.717, 1.165) is 24.1 Å². The van der Waals surface area contributed by atoms with Crippen LogP contribution >= 0.6 is 11.6 Å². The summed E-state index contributed by atoms with van der Waals surface area (Å²) in [6, 6.07) is 12.8. The van der Waals surface area contributed by atoms with Crippen LogP contribution in [0.1, 0.15) is 24.1 Å². The van der Waals surface area contributed by atoms with Crippen molar-refractivity contribution in [3.63, 3.8) is 0 Å². The molecule has 0 aliphatic rings. The average Bonchev–Trinajstić information content (AvgIpc) is 2.47. The number of hydrogen-bond acceptors (Lipinski definition) is 2. The van der Waals surface area contributed by atoms with Crippen LogP contribution in [0.4, 0.5) is 4.39 Å². The van der Waals surface area contributed by atoms with Crippen LogP contribution in [0, 0.1) is 5.82 Å². The summed E-state index contributed by atoms with van der Waals surface area (Å²) in [5.74, 6) is -0.0826. The van der Waals surface area contributed by atoms with Gasteiger partial charge in [0, 0.05) is 11.1 Å². The van der Waals surface area contributed by atoms with Crippen molar-refractivity contribution in [2.24, 2.45) is 0 Å². The molecule has 0 saturated heterocycles. The first-order valence-corrected chi connectivity index (χ1v) is 7.33. The number of methoxy groups -OCH3 is 1. The van der Waals surface area contributed by atoms with Crippen molar-refractivity contribution in [1.29, 1.82) is 0 Å². The van der Waals surface area contributed by atoms with E-state index in [0.29, 0.717) is 5.02 Å². The van der Waals surface area contributed by atoms with Gasteiger partial charge in [-0.15, -0.1) is 0 Å². The van der Waals surface area contributed by atoms with Gasteiger partial charge in [0.25, 0.3) is 0 Å². The summed E-state index contributed by atoms with van der Waals surface area (Å²) in [5, 5.41) is 4.09. The SMILES string of the molecule is CCNC(Cc1cccc(Cl)c1)c1ccc(OC)c(F)c1. The second-order valence-electron chi connectivity index (χ2n) is 4.84. The van der Waals surface area contributed by atoms with E-state index in [4.69, 9.17) is 16.3 Å². The fraction of sp³-hybridized carbons (Fsp3) is 0.294. The van der Waals surface area contributed by atoms with E-state index < -0.39 is 0 Å². The first-order chi connectivity index (χ1) is 10.1. The Labute approximate surface area is 129 Å². The molecule has 0 aromatic heterocycles. The quantitative estimate of drug-likeness (QED) is 0.855. The molecule has 1 unspecified atom stereocenters. The average molecular weight is 308 g/mol. The van der Waals surface area contributed by atoms with Crippen molar-refractivity contribution in [2.45, 2.75) is 19.4 Å². The topological polar surface area (TPSA) is 21.3 Å². The van der Waals surface area contributed by atoms with Gasteiger partial charge in [0.15, 0.2) is 11.6 Å². The Morgan fingerprint density at radius 2 is 2.05 bits per heavy atom. The molecule has 0 amide bonds. The van der Waals surface area contributed by atoms with Crippen molar-refractivity contribution in [1.82, 2.24) is 5.32 Å². The molecule has 0 heterocycles. The Hall–Kier alpha value is -1.58. The summed E-state index contributed by atoms with van der Waals surface area (Å²) in [6.45, 7) is 2.84. The van der Waals surface area contributed by atoms with Gasteiger partial charge in [-0.1, -0.05) is 36.7 Å². The molecule has 0 bridgehead atoms. The van der Waals surface area contributed by atoms with E-state index in [9.17, 15) is 4.39 Å². The number of hydrogen-bond donors (Lipinski definition) is 1. The second-order valence-corrected chi connectivity index (χ2v) is 5.27. The maximum Gasteiger partial charge on any atom is 0.165 e. The van der Waals surface area contributed by atoms with Crippen molar-refractivity contribution in [2.75, 3.05) is 13.7 Å². The maximum atomic E-state index is 13.9. The Kier molecular flexibility index (Phi) is 5.59. The second kappa shape index (κ2) is 7.43. The molecule has 2 aromatic carbocycles. The van der Waals surface area contributed by atoms with Crippen molar-refractivity contribution < 1.29 is 9.13 Å². The van der Waals surface area contributed by atoms with E-state index in [1.165, 1.54) is 13.2 Å². The van der Waals surface area contributed by atoms with E-state index in [-0.39, 0.29) is 17.6 Å². The van der Waals surface area contributed by atoms with Gasteiger partial charge in [-0.05, 0) is 48.4 Å². The molecule has 2 aromatic rings. The van der Waals surface area contributed by atoms with Crippen molar-refractivity contribution in [3.8, 4) is 5.75 Å². The normalized spacial score (nSPS) is 12.2. The van der Waals surface area contributed by atoms with Gasteiger partial charge in [-0.2, -0.15) is 0 Å². The minimum Gasteiger partial charge on any atom is -0.494 e. The minimum absolute atomic E-state index is 0.0360. The van der Waals surface area contributed by atoms with Crippen LogP contribution in [0.25, 0.3) is 0 Å². The molecule has 4 heteroatoms. The van der Waals surface area contributed by atoms with Crippen LogP contribution in [-0.4, -0.2) is 13.7 Å². The van der Waals surface area contributed by atoms with Gasteiger partial charge in [0.1, 0.15) is 0 Å². The molecular formula is C17H19ClFNO. The lowest BCUT2D eigenvalue weighted by molar-refractivity contribution is 0.385. The Balaban J connectivity index is 2.24. The number of benzene rings is 2. The molecule has 1 N–H and O–H groups in total. The first-order valence-electron chi connectivity index (χ1n) is 6.95. The highest BCUT2D eigenvalue weighted by Crippen LogP contribution is 2.25. The van der Waals surface area contributed by atoms with Crippen LogP contribution in [-0.2, 0) is 6.42 Å². The van der Waals surface area contributed by atoms with Crippen LogP contribution < -0.4 is 10.1 Å². The molecule has 1 atom stereocenters. The highest BCUT2D eigenvalue weighted by molar-refractivity contribution is 6.30. The molecule has 0 saturated carbocycles. The third kappa shape index (κ3) is 4.19. The largest absolute Gasteiger partial charge is 0.494 e. The standard InChI is InChI=1S/C17H19ClFNO/c1-3-20-16(10-12-5-4-6-14(18)9-12)13-7-8-17(21-2)15(19)11-13/h4-9,11,16,20H,3,10H2,1-2H3. The van der Waals surface area contributed by atoms with Crippen LogP contribution in [0.3, 0.4) is 0 Å². The van der Waals surface area contributed by atoms with Gasteiger partial charge in [-0.25, -0.2) is 4.39 Å². The summed E-state index contributed by atoms with van der Waals surface area (Å²) in [6.07, 6.45) is 0.750. The molecule has 21 heavy (non-hydrogen) atoms. The van der Waals surface area contributed by atoms with E-state index >= 15 is 0 Å². The first kappa shape index (κ1) is 15.8. The Morgan fingerprint density at radius 3 is 2.67 bits per heavy atom. The molecule has 0 fully saturated rings. The minimum atomic E-state index is -0.344. The van der Waals surface area contributed by atoms with E-state index in [1.54, 1.807) is 6.07 Å². The molecule has 0 radical (unpaired) electrons. The van der Waals surface area contributed by atoms with Gasteiger partial charge >= 0.3 is 0 Å². The third-order valence-corrected chi connectivity index (χ3v) is 3.59. The molecule has 2 rings (SSSR count). The zero-order valence-electron chi connectivity index (χ0n) is 12.2. The zero-order chi connectivity index (χ0) is 15.2. The monoisotopic (exact) mass is 307 g/mol. The summed E-state index contributed by atoms with van der Waals surface area (Å²) < 4.78 is 18.8. The van der Waals surface area contributed by atoms with Crippen LogP contribution in [0.15, 0.2) is 42.5 Å². The van der Waals surface area contributed by atoms with Gasteiger partial charge < -0.3 is 10.1 Å². The molecule has 0 aliphatic carbocycles.